The van der Waals surface area contributed by atoms with Crippen molar-refractivity contribution < 1.29 is 19.5 Å². The predicted octanol–water partition coefficient (Wildman–Crippen LogP) is 1.71. The van der Waals surface area contributed by atoms with Crippen LogP contribution in [0.2, 0.25) is 0 Å². The molecular formula is C16H27N3O4. The molecule has 1 fully saturated rings. The van der Waals surface area contributed by atoms with Crippen LogP contribution in [-0.4, -0.2) is 50.4 Å². The molecule has 0 bridgehead atoms. The minimum absolute atomic E-state index is 0.320. The number of aliphatic carboxylic acids is 1. The van der Waals surface area contributed by atoms with E-state index in [0.717, 1.165) is 12.8 Å². The van der Waals surface area contributed by atoms with Gasteiger partial charge in [0.05, 0.1) is 18.1 Å². The fourth-order valence-corrected chi connectivity index (χ4v) is 3.26. The quantitative estimate of drug-likeness (QED) is 0.787. The van der Waals surface area contributed by atoms with Crippen LogP contribution >= 0.6 is 0 Å². The molecule has 7 nitrogen and oxygen atoms in total. The van der Waals surface area contributed by atoms with Gasteiger partial charge in [-0.05, 0) is 25.3 Å². The molecule has 23 heavy (non-hydrogen) atoms. The van der Waals surface area contributed by atoms with Crippen molar-refractivity contribution in [1.82, 2.24) is 15.0 Å². The second kappa shape index (κ2) is 7.40. The van der Waals surface area contributed by atoms with E-state index in [9.17, 15) is 15.0 Å². The summed E-state index contributed by atoms with van der Waals surface area (Å²) >= 11 is 0. The maximum absolute atomic E-state index is 11.6. The maximum atomic E-state index is 11.6. The number of hydrogen-bond donors (Lipinski definition) is 2. The van der Waals surface area contributed by atoms with Crippen LogP contribution in [0.25, 0.3) is 0 Å². The molecule has 0 saturated carbocycles. The summed E-state index contributed by atoms with van der Waals surface area (Å²) in [5.74, 6) is 0.764. The lowest BCUT2D eigenvalue weighted by molar-refractivity contribution is -0.164. The van der Waals surface area contributed by atoms with Crippen LogP contribution in [0, 0.1) is 11.3 Å². The van der Waals surface area contributed by atoms with Gasteiger partial charge in [0.1, 0.15) is 0 Å². The minimum atomic E-state index is -1.02. The zero-order valence-electron chi connectivity index (χ0n) is 14.2. The first-order chi connectivity index (χ1) is 10.9. The molecule has 1 aliphatic rings. The Morgan fingerprint density at radius 3 is 2.83 bits per heavy atom. The number of carboxylic acids is 1. The number of carboxylic acid groups (broad SMARTS) is 1. The monoisotopic (exact) mass is 325 g/mol. The average molecular weight is 325 g/mol. The van der Waals surface area contributed by atoms with E-state index in [1.54, 1.807) is 0 Å². The Balaban J connectivity index is 1.97. The number of β-amino-alcohol motifs (C(OH)–C–C–N with tert-alkyl or cyclic N) is 1. The first-order valence-electron chi connectivity index (χ1n) is 8.32. The predicted molar refractivity (Wildman–Crippen MR) is 83.7 cm³/mol. The van der Waals surface area contributed by atoms with Crippen LogP contribution in [0.15, 0.2) is 4.52 Å². The molecule has 0 amide bonds. The van der Waals surface area contributed by atoms with Gasteiger partial charge in [0.2, 0.25) is 5.89 Å². The van der Waals surface area contributed by atoms with Gasteiger partial charge in [0, 0.05) is 13.0 Å². The van der Waals surface area contributed by atoms with E-state index < -0.39 is 17.5 Å². The third-order valence-corrected chi connectivity index (χ3v) is 4.52. The summed E-state index contributed by atoms with van der Waals surface area (Å²) in [6, 6.07) is 0. The highest BCUT2D eigenvalue weighted by Gasteiger charge is 2.47. The number of carbonyl (C=O) groups is 1. The van der Waals surface area contributed by atoms with Crippen molar-refractivity contribution in [2.24, 2.45) is 11.3 Å². The molecule has 1 aromatic heterocycles. The molecule has 2 heterocycles. The number of nitrogens with zero attached hydrogens (tertiary/aromatic N) is 3. The Morgan fingerprint density at radius 1 is 1.52 bits per heavy atom. The minimum Gasteiger partial charge on any atom is -0.481 e. The van der Waals surface area contributed by atoms with Crippen molar-refractivity contribution in [3.8, 4) is 0 Å². The Kier molecular flexibility index (Phi) is 5.75. The molecule has 0 radical (unpaired) electrons. The number of aliphatic hydroxyl groups is 1. The van der Waals surface area contributed by atoms with Gasteiger partial charge in [-0.3, -0.25) is 9.69 Å². The highest BCUT2D eigenvalue weighted by atomic mass is 16.5. The number of piperidine rings is 1. The summed E-state index contributed by atoms with van der Waals surface area (Å²) in [7, 11) is 0. The van der Waals surface area contributed by atoms with Gasteiger partial charge in [-0.2, -0.15) is 4.98 Å². The molecule has 130 valence electrons. The van der Waals surface area contributed by atoms with Gasteiger partial charge in [0.15, 0.2) is 5.82 Å². The number of likely N-dealkylation sites (tertiary alicyclic amines) is 1. The molecule has 7 heteroatoms. The molecule has 0 aliphatic carbocycles. The maximum Gasteiger partial charge on any atom is 0.312 e. The molecule has 0 spiro atoms. The molecule has 0 aromatic carbocycles. The van der Waals surface area contributed by atoms with Crippen molar-refractivity contribution in [1.29, 1.82) is 0 Å². The molecule has 1 aliphatic heterocycles. The molecular weight excluding hydrogens is 298 g/mol. The fraction of sp³-hybridized carbons (Fsp3) is 0.812. The topological polar surface area (TPSA) is 99.7 Å². The van der Waals surface area contributed by atoms with Crippen LogP contribution < -0.4 is 0 Å². The van der Waals surface area contributed by atoms with E-state index in [1.165, 1.54) is 0 Å². The van der Waals surface area contributed by atoms with Crippen molar-refractivity contribution in [3.05, 3.63) is 11.7 Å². The van der Waals surface area contributed by atoms with E-state index in [2.05, 4.69) is 24.0 Å². The van der Waals surface area contributed by atoms with Gasteiger partial charge >= 0.3 is 5.97 Å². The largest absolute Gasteiger partial charge is 0.481 e. The first-order valence-corrected chi connectivity index (χ1v) is 8.32. The van der Waals surface area contributed by atoms with E-state index in [1.807, 2.05) is 11.8 Å². The van der Waals surface area contributed by atoms with Crippen molar-refractivity contribution in [3.63, 3.8) is 0 Å². The zero-order valence-corrected chi connectivity index (χ0v) is 14.2. The van der Waals surface area contributed by atoms with Crippen LogP contribution in [-0.2, 0) is 17.8 Å². The zero-order chi connectivity index (χ0) is 17.0. The standard InChI is InChI=1S/C16H27N3O4/c1-4-5-16(15(21)22)6-7-19(9-12(16)20)10-13-17-14(23-18-13)8-11(2)3/h11-12,20H,4-10H2,1-3H3,(H,21,22)/t12-,16+/m1/s1. The van der Waals surface area contributed by atoms with E-state index in [4.69, 9.17) is 4.52 Å². The normalized spacial score (nSPS) is 25.9. The molecule has 0 unspecified atom stereocenters. The third kappa shape index (κ3) is 4.09. The fourth-order valence-electron chi connectivity index (χ4n) is 3.26. The highest BCUT2D eigenvalue weighted by molar-refractivity contribution is 5.75. The summed E-state index contributed by atoms with van der Waals surface area (Å²) in [5, 5.41) is 23.9. The van der Waals surface area contributed by atoms with E-state index >= 15 is 0 Å². The van der Waals surface area contributed by atoms with Crippen LogP contribution in [0.5, 0.6) is 0 Å². The van der Waals surface area contributed by atoms with Gasteiger partial charge in [0.25, 0.3) is 0 Å². The van der Waals surface area contributed by atoms with Crippen LogP contribution in [0.1, 0.15) is 51.7 Å². The number of hydrogen-bond acceptors (Lipinski definition) is 6. The molecule has 1 aromatic rings. The lowest BCUT2D eigenvalue weighted by Crippen LogP contribution is -2.54. The van der Waals surface area contributed by atoms with Crippen molar-refractivity contribution in [2.45, 2.75) is 59.1 Å². The number of aliphatic hydroxyl groups excluding tert-OH is 1. The van der Waals surface area contributed by atoms with Gasteiger partial charge in [-0.15, -0.1) is 0 Å². The lowest BCUT2D eigenvalue weighted by atomic mass is 9.73. The number of rotatable bonds is 7. The van der Waals surface area contributed by atoms with Crippen LogP contribution in [0.3, 0.4) is 0 Å². The summed E-state index contributed by atoms with van der Waals surface area (Å²) in [5.41, 5.74) is -1.02. The summed E-state index contributed by atoms with van der Waals surface area (Å²) in [6.07, 6.45) is 1.54. The molecule has 1 saturated heterocycles. The van der Waals surface area contributed by atoms with E-state index in [-0.39, 0.29) is 0 Å². The Morgan fingerprint density at radius 2 is 2.26 bits per heavy atom. The third-order valence-electron chi connectivity index (χ3n) is 4.52. The van der Waals surface area contributed by atoms with E-state index in [0.29, 0.717) is 50.1 Å². The molecule has 2 rings (SSSR count). The van der Waals surface area contributed by atoms with Gasteiger partial charge in [-0.25, -0.2) is 0 Å². The first kappa shape index (κ1) is 17.9. The summed E-state index contributed by atoms with van der Waals surface area (Å²) in [4.78, 5) is 18.0. The van der Waals surface area contributed by atoms with Crippen molar-refractivity contribution >= 4 is 5.97 Å². The second-order valence-electron chi connectivity index (χ2n) is 6.91. The van der Waals surface area contributed by atoms with Crippen molar-refractivity contribution in [2.75, 3.05) is 13.1 Å². The van der Waals surface area contributed by atoms with Gasteiger partial charge in [-0.1, -0.05) is 32.3 Å². The SMILES string of the molecule is CCC[C@]1(C(=O)O)CCN(Cc2noc(CC(C)C)n2)C[C@H]1O. The second-order valence-corrected chi connectivity index (χ2v) is 6.91. The average Bonchev–Trinajstić information content (AvgIpc) is 2.88. The smallest absolute Gasteiger partial charge is 0.312 e. The Hall–Kier alpha value is -1.47. The van der Waals surface area contributed by atoms with Gasteiger partial charge < -0.3 is 14.7 Å². The Bertz CT molecular complexity index is 531. The molecule has 2 atom stereocenters. The number of aromatic nitrogens is 2. The van der Waals surface area contributed by atoms with Crippen LogP contribution in [0.4, 0.5) is 0 Å². The summed E-state index contributed by atoms with van der Waals surface area (Å²) in [6.45, 7) is 7.52. The molecule has 2 N–H and O–H groups in total. The Labute approximate surface area is 136 Å². The highest BCUT2D eigenvalue weighted by Crippen LogP contribution is 2.37. The lowest BCUT2D eigenvalue weighted by Gasteiger charge is -2.42. The summed E-state index contributed by atoms with van der Waals surface area (Å²) < 4.78 is 5.22.